The van der Waals surface area contributed by atoms with Gasteiger partial charge < -0.3 is 5.73 Å². The molecule has 3 atom stereocenters. The van der Waals surface area contributed by atoms with E-state index in [-0.39, 0.29) is 11.5 Å². The van der Waals surface area contributed by atoms with Gasteiger partial charge >= 0.3 is 0 Å². The van der Waals surface area contributed by atoms with Crippen LogP contribution >= 0.6 is 0 Å². The monoisotopic (exact) mass is 197 g/mol. The quantitative estimate of drug-likeness (QED) is 0.752. The van der Waals surface area contributed by atoms with Gasteiger partial charge in [0.05, 0.1) is 0 Å². The van der Waals surface area contributed by atoms with Gasteiger partial charge in [0.15, 0.2) is 0 Å². The molecule has 0 amide bonds. The van der Waals surface area contributed by atoms with Gasteiger partial charge in [-0.05, 0) is 18.8 Å². The van der Waals surface area contributed by atoms with Gasteiger partial charge in [0, 0.05) is 17.9 Å². The highest BCUT2D eigenvalue weighted by Crippen LogP contribution is 2.39. The molecular formula is C12H23NO. The summed E-state index contributed by atoms with van der Waals surface area (Å²) in [6.45, 7) is 6.33. The third kappa shape index (κ3) is 2.17. The molecule has 1 fully saturated rings. The van der Waals surface area contributed by atoms with Crippen LogP contribution in [0.1, 0.15) is 52.9 Å². The van der Waals surface area contributed by atoms with E-state index in [1.807, 2.05) is 0 Å². The van der Waals surface area contributed by atoms with Crippen LogP contribution in [0.25, 0.3) is 0 Å². The van der Waals surface area contributed by atoms with Gasteiger partial charge in [0.1, 0.15) is 5.78 Å². The molecule has 0 radical (unpaired) electrons. The number of hydrogen-bond donors (Lipinski definition) is 1. The summed E-state index contributed by atoms with van der Waals surface area (Å²) in [7, 11) is 0. The first kappa shape index (κ1) is 11.7. The Bertz CT molecular complexity index is 214. The number of rotatable bonds is 4. The molecule has 1 saturated carbocycles. The Morgan fingerprint density at radius 3 is 2.71 bits per heavy atom. The zero-order valence-electron chi connectivity index (χ0n) is 9.68. The Hall–Kier alpha value is -0.370. The van der Waals surface area contributed by atoms with E-state index in [0.717, 1.165) is 25.7 Å². The summed E-state index contributed by atoms with van der Waals surface area (Å²) in [5, 5.41) is 0. The molecule has 1 rings (SSSR count). The number of Topliss-reactive ketones (excluding diaryl/α,β-unsaturated/α-hetero) is 1. The first-order valence-corrected chi connectivity index (χ1v) is 5.79. The maximum atomic E-state index is 12.1. The van der Waals surface area contributed by atoms with Crippen molar-refractivity contribution in [3.63, 3.8) is 0 Å². The summed E-state index contributed by atoms with van der Waals surface area (Å²) in [4.78, 5) is 12.1. The predicted molar refractivity (Wildman–Crippen MR) is 59.0 cm³/mol. The molecule has 1 aliphatic rings. The Morgan fingerprint density at radius 1 is 1.64 bits per heavy atom. The van der Waals surface area contributed by atoms with Crippen molar-refractivity contribution >= 4 is 5.78 Å². The van der Waals surface area contributed by atoms with Crippen molar-refractivity contribution in [3.8, 4) is 0 Å². The van der Waals surface area contributed by atoms with Crippen molar-refractivity contribution in [1.29, 1.82) is 0 Å². The molecule has 0 aromatic heterocycles. The van der Waals surface area contributed by atoms with E-state index in [2.05, 4.69) is 20.8 Å². The van der Waals surface area contributed by atoms with Gasteiger partial charge in [0.2, 0.25) is 0 Å². The van der Waals surface area contributed by atoms with E-state index in [1.54, 1.807) is 0 Å². The molecule has 0 aromatic carbocycles. The summed E-state index contributed by atoms with van der Waals surface area (Å²) in [6.07, 6.45) is 4.91. The highest BCUT2D eigenvalue weighted by atomic mass is 16.1. The second-order valence-corrected chi connectivity index (χ2v) is 5.06. The van der Waals surface area contributed by atoms with E-state index in [9.17, 15) is 4.79 Å². The molecule has 2 heteroatoms. The fraction of sp³-hybridized carbons (Fsp3) is 0.917. The lowest BCUT2D eigenvalue weighted by atomic mass is 9.77. The lowest BCUT2D eigenvalue weighted by Gasteiger charge is -2.28. The third-order valence-electron chi connectivity index (χ3n) is 3.90. The van der Waals surface area contributed by atoms with E-state index < -0.39 is 0 Å². The third-order valence-corrected chi connectivity index (χ3v) is 3.90. The molecule has 0 aromatic rings. The van der Waals surface area contributed by atoms with Crippen molar-refractivity contribution in [2.24, 2.45) is 17.1 Å². The standard InChI is InChI=1S/C12H23NO/c1-4-9(2)8-11(14)12(3)7-5-6-10(12)13/h9-10H,4-8,13H2,1-3H3. The van der Waals surface area contributed by atoms with Crippen LogP contribution in [0.15, 0.2) is 0 Å². The van der Waals surface area contributed by atoms with E-state index in [1.165, 1.54) is 0 Å². The number of carbonyl (C=O) groups is 1. The first-order valence-electron chi connectivity index (χ1n) is 5.79. The first-order chi connectivity index (χ1) is 6.50. The second kappa shape index (κ2) is 4.43. The molecule has 2 nitrogen and oxygen atoms in total. The van der Waals surface area contributed by atoms with Gasteiger partial charge in [-0.25, -0.2) is 0 Å². The topological polar surface area (TPSA) is 43.1 Å². The van der Waals surface area contributed by atoms with Crippen molar-refractivity contribution in [2.45, 2.75) is 58.9 Å². The van der Waals surface area contributed by atoms with Gasteiger partial charge in [-0.3, -0.25) is 4.79 Å². The molecule has 3 unspecified atom stereocenters. The predicted octanol–water partition coefficient (Wildman–Crippen LogP) is 2.51. The number of carbonyl (C=O) groups excluding carboxylic acids is 1. The summed E-state index contributed by atoms with van der Waals surface area (Å²) in [5.74, 6) is 0.893. The maximum Gasteiger partial charge on any atom is 0.140 e. The van der Waals surface area contributed by atoms with Crippen LogP contribution in [0.4, 0.5) is 0 Å². The van der Waals surface area contributed by atoms with Crippen molar-refractivity contribution in [3.05, 3.63) is 0 Å². The van der Waals surface area contributed by atoms with Gasteiger partial charge in [-0.1, -0.05) is 33.6 Å². The molecule has 0 aliphatic heterocycles. The highest BCUT2D eigenvalue weighted by Gasteiger charge is 2.42. The van der Waals surface area contributed by atoms with Gasteiger partial charge in [-0.15, -0.1) is 0 Å². The molecule has 0 bridgehead atoms. The average molecular weight is 197 g/mol. The summed E-state index contributed by atoms with van der Waals surface area (Å²) < 4.78 is 0. The SMILES string of the molecule is CCC(C)CC(=O)C1(C)CCCC1N. The van der Waals surface area contributed by atoms with E-state index in [4.69, 9.17) is 5.73 Å². The Kier molecular flexibility index (Phi) is 3.71. The highest BCUT2D eigenvalue weighted by molar-refractivity contribution is 5.85. The minimum Gasteiger partial charge on any atom is -0.327 e. The van der Waals surface area contributed by atoms with Crippen molar-refractivity contribution in [1.82, 2.24) is 0 Å². The molecule has 0 spiro atoms. The molecule has 0 heterocycles. The van der Waals surface area contributed by atoms with Crippen molar-refractivity contribution in [2.75, 3.05) is 0 Å². The summed E-state index contributed by atoms with van der Waals surface area (Å²) >= 11 is 0. The normalized spacial score (nSPS) is 34.4. The van der Waals surface area contributed by atoms with E-state index >= 15 is 0 Å². The average Bonchev–Trinajstić information content (AvgIpc) is 2.48. The Labute approximate surface area is 87.2 Å². The molecule has 2 N–H and O–H groups in total. The largest absolute Gasteiger partial charge is 0.327 e. The molecule has 1 aliphatic carbocycles. The van der Waals surface area contributed by atoms with Gasteiger partial charge in [0.25, 0.3) is 0 Å². The van der Waals surface area contributed by atoms with Crippen LogP contribution in [0.3, 0.4) is 0 Å². The molecule has 82 valence electrons. The lowest BCUT2D eigenvalue weighted by molar-refractivity contribution is -0.129. The number of nitrogens with two attached hydrogens (primary N) is 1. The van der Waals surface area contributed by atoms with Crippen LogP contribution in [-0.4, -0.2) is 11.8 Å². The minimum atomic E-state index is -0.219. The Balaban J connectivity index is 2.59. The van der Waals surface area contributed by atoms with E-state index in [0.29, 0.717) is 18.1 Å². The van der Waals surface area contributed by atoms with Crippen LogP contribution in [0.2, 0.25) is 0 Å². The van der Waals surface area contributed by atoms with Crippen LogP contribution < -0.4 is 5.73 Å². The minimum absolute atomic E-state index is 0.0963. The Morgan fingerprint density at radius 2 is 2.29 bits per heavy atom. The van der Waals surface area contributed by atoms with Gasteiger partial charge in [-0.2, -0.15) is 0 Å². The van der Waals surface area contributed by atoms with Crippen LogP contribution in [-0.2, 0) is 4.79 Å². The fourth-order valence-electron chi connectivity index (χ4n) is 2.23. The van der Waals surface area contributed by atoms with Crippen molar-refractivity contribution < 1.29 is 4.79 Å². The second-order valence-electron chi connectivity index (χ2n) is 5.06. The number of hydrogen-bond acceptors (Lipinski definition) is 2. The molecule has 14 heavy (non-hydrogen) atoms. The van der Waals surface area contributed by atoms with Crippen LogP contribution in [0, 0.1) is 11.3 Å². The summed E-state index contributed by atoms with van der Waals surface area (Å²) in [5.41, 5.74) is 5.79. The maximum absolute atomic E-state index is 12.1. The number of ketones is 1. The fourth-order valence-corrected chi connectivity index (χ4v) is 2.23. The smallest absolute Gasteiger partial charge is 0.140 e. The van der Waals surface area contributed by atoms with Crippen LogP contribution in [0.5, 0.6) is 0 Å². The molecule has 0 saturated heterocycles. The molecular weight excluding hydrogens is 174 g/mol. The zero-order chi connectivity index (χ0) is 10.8. The zero-order valence-corrected chi connectivity index (χ0v) is 9.68. The summed E-state index contributed by atoms with van der Waals surface area (Å²) in [6, 6.07) is 0.0963. The lowest BCUT2D eigenvalue weighted by Crippen LogP contribution is -2.41.